The van der Waals surface area contributed by atoms with E-state index >= 15 is 0 Å². The molecule has 0 aliphatic carbocycles. The van der Waals surface area contributed by atoms with Gasteiger partial charge in [0.2, 0.25) is 12.0 Å². The lowest BCUT2D eigenvalue weighted by Crippen LogP contribution is -2.65. The van der Waals surface area contributed by atoms with Crippen LogP contribution in [0, 0.1) is 0 Å². The monoisotopic (exact) mass is 757 g/mol. The Hall–Kier alpha value is -3.71. The van der Waals surface area contributed by atoms with Crippen molar-refractivity contribution in [3.05, 3.63) is 36.4 Å². The van der Waals surface area contributed by atoms with Crippen LogP contribution in [0.3, 0.4) is 0 Å². The van der Waals surface area contributed by atoms with E-state index in [1.54, 1.807) is 0 Å². The highest BCUT2D eigenvalue weighted by Gasteiger charge is 2.52. The summed E-state index contributed by atoms with van der Waals surface area (Å²) in [6, 6.07) is 6.93. The first kappa shape index (κ1) is 39.0. The number of phenolic OH excluding ortho intramolecular Hbond substituents is 4. The average molecular weight is 758 g/mol. The Bertz CT molecular complexity index is 1740. The van der Waals surface area contributed by atoms with Crippen molar-refractivity contribution in [2.45, 2.75) is 99.0 Å². The average Bonchev–Trinajstić information content (AvgIpc) is 3.12. The number of aromatic hydroxyl groups is 4. The summed E-state index contributed by atoms with van der Waals surface area (Å²) in [4.78, 5) is 0. The number of aliphatic hydroxyl groups excluding tert-OH is 9. The number of phenols is 4. The normalized spacial score (nSPS) is 37.8. The van der Waals surface area contributed by atoms with E-state index in [-0.39, 0.29) is 33.8 Å². The molecule has 20 heteroatoms. The van der Waals surface area contributed by atoms with Crippen LogP contribution >= 0.6 is 0 Å². The van der Waals surface area contributed by atoms with Crippen molar-refractivity contribution in [3.8, 4) is 40.1 Å². The first-order chi connectivity index (χ1) is 25.1. The molecular weight excluding hydrogens is 716 g/mol. The van der Waals surface area contributed by atoms with Gasteiger partial charge in [0, 0.05) is 18.2 Å². The fourth-order valence-electron chi connectivity index (χ4n) is 6.22. The highest BCUT2D eigenvalue weighted by molar-refractivity contribution is 5.88. The summed E-state index contributed by atoms with van der Waals surface area (Å²) >= 11 is 0. The molecule has 1 aromatic heterocycles. The minimum absolute atomic E-state index is 0.0227. The van der Waals surface area contributed by atoms with Crippen LogP contribution < -0.4 is 4.74 Å². The van der Waals surface area contributed by atoms with Crippen LogP contribution in [0.4, 0.5) is 0 Å². The molecule has 3 fully saturated rings. The van der Waals surface area contributed by atoms with Crippen LogP contribution in [0.15, 0.2) is 40.8 Å². The molecule has 3 saturated heterocycles. The quantitative estimate of drug-likeness (QED) is 0.0767. The topological polar surface area (TPSA) is 330 Å². The van der Waals surface area contributed by atoms with Gasteiger partial charge in [-0.15, -0.1) is 0 Å². The van der Waals surface area contributed by atoms with Gasteiger partial charge in [0.25, 0.3) is 0 Å². The molecule has 6 rings (SSSR count). The predicted molar refractivity (Wildman–Crippen MR) is 171 cm³/mol. The Kier molecular flexibility index (Phi) is 11.5. The lowest BCUT2D eigenvalue weighted by molar-refractivity contribution is -0.362. The van der Waals surface area contributed by atoms with Crippen LogP contribution in [0.25, 0.3) is 22.3 Å². The van der Waals surface area contributed by atoms with E-state index < -0.39 is 123 Å². The Morgan fingerprint density at radius 3 is 2.00 bits per heavy atom. The zero-order valence-electron chi connectivity index (χ0n) is 27.7. The first-order valence-corrected chi connectivity index (χ1v) is 16.4. The largest absolute Gasteiger partial charge is 0.507 e. The highest BCUT2D eigenvalue weighted by atomic mass is 16.8. The molecule has 0 unspecified atom stereocenters. The summed E-state index contributed by atoms with van der Waals surface area (Å²) in [5.41, 5.74) is -0.00795. The minimum atomic E-state index is -2.00. The molecule has 53 heavy (non-hydrogen) atoms. The summed E-state index contributed by atoms with van der Waals surface area (Å²) in [6.07, 6.45) is -25.4. The number of ether oxygens (including phenoxy) is 6. The van der Waals surface area contributed by atoms with Crippen molar-refractivity contribution >= 4 is 11.0 Å². The number of hydrogen-bond donors (Lipinski definition) is 13. The molecule has 3 aromatic rings. The van der Waals surface area contributed by atoms with Gasteiger partial charge < -0.3 is 94.8 Å². The van der Waals surface area contributed by atoms with Crippen LogP contribution in [0.5, 0.6) is 28.7 Å². The summed E-state index contributed by atoms with van der Waals surface area (Å²) < 4.78 is 40.4. The maximum Gasteiger partial charge on any atom is 0.402 e. The summed E-state index contributed by atoms with van der Waals surface area (Å²) in [6.45, 7) is -0.0603. The van der Waals surface area contributed by atoms with Gasteiger partial charge in [-0.1, -0.05) is 0 Å². The fourth-order valence-corrected chi connectivity index (χ4v) is 6.22. The van der Waals surface area contributed by atoms with E-state index in [1.807, 2.05) is 0 Å². The van der Waals surface area contributed by atoms with E-state index in [9.17, 15) is 66.4 Å². The molecular formula is C33H41O20+. The minimum Gasteiger partial charge on any atom is -0.507 e. The Balaban J connectivity index is 1.37. The van der Waals surface area contributed by atoms with Gasteiger partial charge in [-0.05, 0) is 19.1 Å². The third kappa shape index (κ3) is 7.65. The zero-order valence-corrected chi connectivity index (χ0v) is 27.7. The molecule has 4 heterocycles. The fraction of sp³-hybridized carbons (Fsp3) is 0.545. The molecule has 292 valence electrons. The third-order valence-corrected chi connectivity index (χ3v) is 9.31. The van der Waals surface area contributed by atoms with Crippen LogP contribution in [-0.4, -0.2) is 172 Å². The van der Waals surface area contributed by atoms with Gasteiger partial charge in [-0.3, -0.25) is 0 Å². The number of hydrogen-bond acceptors (Lipinski definition) is 19. The summed E-state index contributed by atoms with van der Waals surface area (Å²) in [5, 5.41) is 135. The second-order valence-corrected chi connectivity index (χ2v) is 13.0. The first-order valence-electron chi connectivity index (χ1n) is 16.4. The van der Waals surface area contributed by atoms with E-state index in [2.05, 4.69) is 0 Å². The van der Waals surface area contributed by atoms with Crippen molar-refractivity contribution in [1.29, 1.82) is 0 Å². The van der Waals surface area contributed by atoms with Crippen molar-refractivity contribution < 1.29 is 99.2 Å². The van der Waals surface area contributed by atoms with Gasteiger partial charge >= 0.3 is 11.3 Å². The second kappa shape index (κ2) is 15.6. The summed E-state index contributed by atoms with van der Waals surface area (Å²) in [5.74, 6) is -2.41. The lowest BCUT2D eigenvalue weighted by atomic mass is 9.97. The van der Waals surface area contributed by atoms with Gasteiger partial charge in [-0.2, -0.15) is 0 Å². The lowest BCUT2D eigenvalue weighted by Gasteiger charge is -2.46. The van der Waals surface area contributed by atoms with Crippen molar-refractivity contribution in [3.63, 3.8) is 0 Å². The van der Waals surface area contributed by atoms with E-state index in [4.69, 9.17) is 32.8 Å². The molecule has 13 N–H and O–H groups in total. The number of aliphatic hydroxyl groups is 9. The van der Waals surface area contributed by atoms with E-state index in [0.717, 1.165) is 24.3 Å². The van der Waals surface area contributed by atoms with Gasteiger partial charge in [0.05, 0.1) is 30.9 Å². The van der Waals surface area contributed by atoms with Crippen molar-refractivity contribution in [1.82, 2.24) is 0 Å². The van der Waals surface area contributed by atoms with Crippen LogP contribution in [0.1, 0.15) is 6.92 Å². The van der Waals surface area contributed by atoms with Gasteiger partial charge in [-0.25, -0.2) is 4.42 Å². The third-order valence-electron chi connectivity index (χ3n) is 9.31. The van der Waals surface area contributed by atoms with Crippen molar-refractivity contribution in [2.75, 3.05) is 13.2 Å². The smallest absolute Gasteiger partial charge is 0.402 e. The molecule has 15 atom stereocenters. The highest BCUT2D eigenvalue weighted by Crippen LogP contribution is 2.43. The van der Waals surface area contributed by atoms with Crippen molar-refractivity contribution in [2.24, 2.45) is 0 Å². The molecule has 0 spiro atoms. The molecule has 3 aliphatic rings. The summed E-state index contributed by atoms with van der Waals surface area (Å²) in [7, 11) is 0. The van der Waals surface area contributed by atoms with E-state index in [1.165, 1.54) is 19.1 Å². The number of rotatable bonds is 9. The number of benzene rings is 2. The standard InChI is InChI=1S/C33H40O20/c1-10-21(39)24(42)27(45)31(48-10)47-9-20-23(41)26(44)30(53-32-28(46)25(43)22(40)19(8-34)51-32)33(52-20)50-18-7-13-15(37)5-12(35)6-17(13)49-29(18)11-2-3-14(36)16(38)4-11/h2-7,10,19-28,30-34,39-46H,8-9H2,1H3,(H3-,35,36,37,38)/p+1/t10-,19-,20-,21+,22-,23-,24+,25+,26-,27-,28-,30-,31-,32+,33+/m1/s1. The zero-order chi connectivity index (χ0) is 38.5. The molecule has 2 aromatic carbocycles. The van der Waals surface area contributed by atoms with Crippen LogP contribution in [-0.2, 0) is 23.7 Å². The molecule has 0 amide bonds. The maximum absolute atomic E-state index is 11.4. The van der Waals surface area contributed by atoms with E-state index in [0.29, 0.717) is 0 Å². The molecule has 0 saturated carbocycles. The maximum atomic E-state index is 11.4. The van der Waals surface area contributed by atoms with Crippen LogP contribution in [0.2, 0.25) is 0 Å². The Morgan fingerprint density at radius 2 is 1.30 bits per heavy atom. The van der Waals surface area contributed by atoms with Gasteiger partial charge in [0.15, 0.2) is 30.2 Å². The Labute approximate surface area is 299 Å². The molecule has 3 aliphatic heterocycles. The Morgan fingerprint density at radius 1 is 0.642 bits per heavy atom. The second-order valence-electron chi connectivity index (χ2n) is 13.0. The van der Waals surface area contributed by atoms with Gasteiger partial charge in [0.1, 0.15) is 77.9 Å². The SMILES string of the molecule is C[C@H]1O[C@@H](OC[C@H]2O[C@H](Oc3cc4c(O)cc(O)cc4[o+]c3-c3ccc(O)c(O)c3)[C@H](O[C@@H]3O[C@H](CO)[C@@H](O)[C@H](O)[C@H]3O)[C@H](O)[C@@H]2O)[C@H](O)[C@@H](O)[C@H]1O. The predicted octanol–water partition coefficient (Wildman–Crippen LogP) is -2.94. The molecule has 0 bridgehead atoms. The molecule has 0 radical (unpaired) electrons. The molecule has 20 nitrogen and oxygen atoms in total. The number of fused-ring (bicyclic) bond motifs is 1.